The molecule has 2 N–H and O–H groups in total. The molecule has 0 amide bonds. The molecule has 104 valence electrons. The van der Waals surface area contributed by atoms with E-state index in [0.717, 1.165) is 0 Å². The van der Waals surface area contributed by atoms with E-state index in [1.807, 2.05) is 6.92 Å². The predicted octanol–water partition coefficient (Wildman–Crippen LogP) is 3.47. The molecular formula is C14H14FN3O2. The van der Waals surface area contributed by atoms with Crippen LogP contribution < -0.4 is 10.6 Å². The summed E-state index contributed by atoms with van der Waals surface area (Å²) >= 11 is 0. The zero-order valence-corrected chi connectivity index (χ0v) is 10.9. The van der Waals surface area contributed by atoms with Crippen LogP contribution in [-0.4, -0.2) is 11.5 Å². The number of rotatable bonds is 4. The van der Waals surface area contributed by atoms with E-state index in [-0.39, 0.29) is 11.4 Å². The lowest BCUT2D eigenvalue weighted by atomic mass is 10.2. The van der Waals surface area contributed by atoms with Gasteiger partial charge in [-0.3, -0.25) is 10.1 Å². The van der Waals surface area contributed by atoms with Gasteiger partial charge in [0.05, 0.1) is 4.92 Å². The third kappa shape index (κ3) is 2.54. The zero-order chi connectivity index (χ0) is 14.7. The van der Waals surface area contributed by atoms with Gasteiger partial charge in [-0.25, -0.2) is 4.39 Å². The Morgan fingerprint density at radius 2 is 2.00 bits per heavy atom. The van der Waals surface area contributed by atoms with Crippen LogP contribution in [0.3, 0.4) is 0 Å². The minimum absolute atomic E-state index is 0.0855. The summed E-state index contributed by atoms with van der Waals surface area (Å²) in [6, 6.07) is 10.6. The first-order valence-corrected chi connectivity index (χ1v) is 6.10. The largest absolute Gasteiger partial charge is 0.393 e. The normalized spacial score (nSPS) is 10.3. The van der Waals surface area contributed by atoms with Crippen molar-refractivity contribution in [3.8, 4) is 0 Å². The van der Waals surface area contributed by atoms with E-state index < -0.39 is 10.7 Å². The molecule has 2 aromatic carbocycles. The number of halogens is 1. The number of hydrogen-bond acceptors (Lipinski definition) is 4. The first kappa shape index (κ1) is 13.8. The van der Waals surface area contributed by atoms with Crippen LogP contribution in [-0.2, 0) is 0 Å². The number of nitro groups is 1. The summed E-state index contributed by atoms with van der Waals surface area (Å²) in [7, 11) is 0. The average Bonchev–Trinajstić information content (AvgIpc) is 2.39. The summed E-state index contributed by atoms with van der Waals surface area (Å²) < 4.78 is 13.3. The maximum absolute atomic E-state index is 13.3. The smallest absolute Gasteiger partial charge is 0.315 e. The van der Waals surface area contributed by atoms with E-state index in [1.54, 1.807) is 29.2 Å². The molecule has 0 saturated heterocycles. The topological polar surface area (TPSA) is 72.4 Å². The molecule has 2 aromatic rings. The van der Waals surface area contributed by atoms with Crippen LogP contribution in [0.2, 0.25) is 0 Å². The van der Waals surface area contributed by atoms with Gasteiger partial charge in [0, 0.05) is 12.2 Å². The Morgan fingerprint density at radius 3 is 2.60 bits per heavy atom. The van der Waals surface area contributed by atoms with Gasteiger partial charge in [-0.2, -0.15) is 0 Å². The zero-order valence-electron chi connectivity index (χ0n) is 10.9. The van der Waals surface area contributed by atoms with Gasteiger partial charge in [-0.05, 0) is 37.3 Å². The fourth-order valence-corrected chi connectivity index (χ4v) is 2.10. The van der Waals surface area contributed by atoms with Crippen molar-refractivity contribution in [2.45, 2.75) is 6.92 Å². The number of para-hydroxylation sites is 1. The Labute approximate surface area is 115 Å². The molecule has 0 heterocycles. The van der Waals surface area contributed by atoms with Gasteiger partial charge in [0.25, 0.3) is 0 Å². The fraction of sp³-hybridized carbons (Fsp3) is 0.143. The molecule has 0 fully saturated rings. The Bertz CT molecular complexity index is 646. The fourth-order valence-electron chi connectivity index (χ4n) is 2.10. The number of nitrogen functional groups attached to an aromatic ring is 1. The highest BCUT2D eigenvalue weighted by Crippen LogP contribution is 2.37. The number of nitro benzene ring substituents is 1. The molecule has 0 spiro atoms. The lowest BCUT2D eigenvalue weighted by Crippen LogP contribution is -2.18. The molecule has 0 atom stereocenters. The molecular weight excluding hydrogens is 261 g/mol. The Kier molecular flexibility index (Phi) is 3.84. The Balaban J connectivity index is 2.58. The van der Waals surface area contributed by atoms with Crippen molar-refractivity contribution in [3.63, 3.8) is 0 Å². The number of benzene rings is 2. The second kappa shape index (κ2) is 5.56. The SMILES string of the molecule is CCN(c1cccc(F)c1)c1cccc(N)c1[N+](=O)[O-]. The number of hydrogen-bond donors (Lipinski definition) is 1. The average molecular weight is 275 g/mol. The highest BCUT2D eigenvalue weighted by atomic mass is 19.1. The summed E-state index contributed by atoms with van der Waals surface area (Å²) in [4.78, 5) is 12.3. The molecule has 6 heteroatoms. The van der Waals surface area contributed by atoms with Gasteiger partial charge in [0.15, 0.2) is 0 Å². The monoisotopic (exact) mass is 275 g/mol. The number of nitrogens with zero attached hydrogens (tertiary/aromatic N) is 2. The quantitative estimate of drug-likeness (QED) is 0.526. The molecule has 0 saturated carbocycles. The third-order valence-electron chi connectivity index (χ3n) is 2.96. The molecule has 0 aliphatic rings. The summed E-state index contributed by atoms with van der Waals surface area (Å²) in [5.74, 6) is -0.396. The van der Waals surface area contributed by atoms with Crippen LogP contribution in [0.1, 0.15) is 6.92 Å². The van der Waals surface area contributed by atoms with Gasteiger partial charge in [-0.15, -0.1) is 0 Å². The lowest BCUT2D eigenvalue weighted by Gasteiger charge is -2.23. The van der Waals surface area contributed by atoms with Gasteiger partial charge >= 0.3 is 5.69 Å². The Morgan fingerprint density at radius 1 is 1.30 bits per heavy atom. The van der Waals surface area contributed by atoms with Crippen LogP contribution in [0.4, 0.5) is 27.1 Å². The molecule has 20 heavy (non-hydrogen) atoms. The third-order valence-corrected chi connectivity index (χ3v) is 2.96. The molecule has 0 aliphatic heterocycles. The van der Waals surface area contributed by atoms with Gasteiger partial charge in [0.1, 0.15) is 17.2 Å². The van der Waals surface area contributed by atoms with Gasteiger partial charge < -0.3 is 10.6 Å². The van der Waals surface area contributed by atoms with Crippen molar-refractivity contribution in [2.24, 2.45) is 0 Å². The minimum atomic E-state index is -0.521. The first-order chi connectivity index (χ1) is 9.54. The second-order valence-corrected chi connectivity index (χ2v) is 4.20. The van der Waals surface area contributed by atoms with E-state index >= 15 is 0 Å². The van der Waals surface area contributed by atoms with Crippen LogP contribution >= 0.6 is 0 Å². The second-order valence-electron chi connectivity index (χ2n) is 4.20. The molecule has 0 bridgehead atoms. The van der Waals surface area contributed by atoms with Gasteiger partial charge in [-0.1, -0.05) is 12.1 Å². The van der Waals surface area contributed by atoms with E-state index in [2.05, 4.69) is 0 Å². The summed E-state index contributed by atoms with van der Waals surface area (Å²) in [6.45, 7) is 2.28. The molecule has 2 rings (SSSR count). The van der Waals surface area contributed by atoms with Crippen molar-refractivity contribution in [1.82, 2.24) is 0 Å². The minimum Gasteiger partial charge on any atom is -0.393 e. The maximum Gasteiger partial charge on any atom is 0.315 e. The maximum atomic E-state index is 13.3. The van der Waals surface area contributed by atoms with Gasteiger partial charge in [0.2, 0.25) is 0 Å². The van der Waals surface area contributed by atoms with Crippen molar-refractivity contribution < 1.29 is 9.31 Å². The van der Waals surface area contributed by atoms with Crippen LogP contribution in [0.5, 0.6) is 0 Å². The lowest BCUT2D eigenvalue weighted by molar-refractivity contribution is -0.383. The van der Waals surface area contributed by atoms with E-state index in [4.69, 9.17) is 5.73 Å². The highest BCUT2D eigenvalue weighted by molar-refractivity contribution is 5.79. The summed E-state index contributed by atoms with van der Waals surface area (Å²) in [5.41, 5.74) is 6.49. The first-order valence-electron chi connectivity index (χ1n) is 6.10. The van der Waals surface area contributed by atoms with E-state index in [0.29, 0.717) is 17.9 Å². The molecule has 5 nitrogen and oxygen atoms in total. The summed E-state index contributed by atoms with van der Waals surface area (Å²) in [5, 5.41) is 11.2. The van der Waals surface area contributed by atoms with E-state index in [9.17, 15) is 14.5 Å². The van der Waals surface area contributed by atoms with Crippen molar-refractivity contribution in [1.29, 1.82) is 0 Å². The van der Waals surface area contributed by atoms with Crippen molar-refractivity contribution in [3.05, 3.63) is 58.4 Å². The molecule has 0 radical (unpaired) electrons. The number of nitrogens with two attached hydrogens (primary N) is 1. The molecule has 0 unspecified atom stereocenters. The van der Waals surface area contributed by atoms with Crippen LogP contribution in [0.25, 0.3) is 0 Å². The summed E-state index contributed by atoms with van der Waals surface area (Å²) in [6.07, 6.45) is 0. The number of anilines is 3. The molecule has 0 aromatic heterocycles. The van der Waals surface area contributed by atoms with Crippen LogP contribution in [0.15, 0.2) is 42.5 Å². The molecule has 0 aliphatic carbocycles. The predicted molar refractivity (Wildman–Crippen MR) is 76.6 cm³/mol. The van der Waals surface area contributed by atoms with Crippen molar-refractivity contribution in [2.75, 3.05) is 17.2 Å². The van der Waals surface area contributed by atoms with E-state index in [1.165, 1.54) is 18.2 Å². The highest BCUT2D eigenvalue weighted by Gasteiger charge is 2.22. The van der Waals surface area contributed by atoms with Crippen molar-refractivity contribution >= 4 is 22.7 Å². The Hall–Kier alpha value is -2.63. The standard InChI is InChI=1S/C14H14FN3O2/c1-2-17(11-6-3-5-10(15)9-11)13-8-4-7-12(16)14(13)18(19)20/h3-9H,2,16H2,1H3. The van der Waals surface area contributed by atoms with Crippen LogP contribution in [0, 0.1) is 15.9 Å².